The molecular formula is C14H19BrN4O2. The summed E-state index contributed by atoms with van der Waals surface area (Å²) in [6.45, 7) is 3.28. The molecule has 1 atom stereocenters. The average molecular weight is 355 g/mol. The Kier molecular flexibility index (Phi) is 4.53. The van der Waals surface area contributed by atoms with Crippen LogP contribution < -0.4 is 16.8 Å². The standard InChI is InChI=1S/C14H19BrN4O2/c1-14(13(17)21)4-5-19(8-14)7-12(20)18-11-3-2-9(16)6-10(11)15/h2-3,6H,4-5,7-8,16H2,1H3,(H2,17,21)(H,18,20). The van der Waals surface area contributed by atoms with Crippen LogP contribution in [0.2, 0.25) is 0 Å². The van der Waals surface area contributed by atoms with E-state index in [9.17, 15) is 9.59 Å². The van der Waals surface area contributed by atoms with Crippen molar-refractivity contribution in [3.05, 3.63) is 22.7 Å². The Morgan fingerprint density at radius 3 is 2.76 bits per heavy atom. The van der Waals surface area contributed by atoms with Crippen LogP contribution in [0.4, 0.5) is 11.4 Å². The van der Waals surface area contributed by atoms with Crippen molar-refractivity contribution in [2.24, 2.45) is 11.1 Å². The predicted molar refractivity (Wildman–Crippen MR) is 85.5 cm³/mol. The molecule has 0 aromatic heterocycles. The van der Waals surface area contributed by atoms with E-state index in [0.717, 1.165) is 4.47 Å². The van der Waals surface area contributed by atoms with E-state index in [1.807, 2.05) is 11.8 Å². The highest BCUT2D eigenvalue weighted by molar-refractivity contribution is 9.10. The van der Waals surface area contributed by atoms with Gasteiger partial charge in [-0.3, -0.25) is 14.5 Å². The zero-order chi connectivity index (χ0) is 15.6. The van der Waals surface area contributed by atoms with Gasteiger partial charge in [0.25, 0.3) is 0 Å². The lowest BCUT2D eigenvalue weighted by molar-refractivity contribution is -0.126. The van der Waals surface area contributed by atoms with E-state index >= 15 is 0 Å². The van der Waals surface area contributed by atoms with Crippen molar-refractivity contribution in [1.82, 2.24) is 4.90 Å². The molecule has 0 saturated carbocycles. The van der Waals surface area contributed by atoms with E-state index in [2.05, 4.69) is 21.2 Å². The number of nitrogens with one attached hydrogen (secondary N) is 1. The Bertz CT molecular complexity index is 578. The lowest BCUT2D eigenvalue weighted by atomic mass is 9.89. The van der Waals surface area contributed by atoms with Crippen LogP contribution in [0, 0.1) is 5.41 Å². The molecule has 1 aliphatic heterocycles. The van der Waals surface area contributed by atoms with Crippen LogP contribution in [0.3, 0.4) is 0 Å². The predicted octanol–water partition coefficient (Wildman–Crippen LogP) is 1.17. The molecule has 5 N–H and O–H groups in total. The Hall–Kier alpha value is -1.60. The third kappa shape index (κ3) is 3.74. The highest BCUT2D eigenvalue weighted by Gasteiger charge is 2.39. The van der Waals surface area contributed by atoms with Crippen LogP contribution in [0.25, 0.3) is 0 Å². The molecule has 1 aromatic rings. The highest BCUT2D eigenvalue weighted by Crippen LogP contribution is 2.29. The SMILES string of the molecule is CC1(C(N)=O)CCN(CC(=O)Nc2ccc(N)cc2Br)C1. The number of primary amides is 1. The molecule has 2 amide bonds. The smallest absolute Gasteiger partial charge is 0.238 e. The number of carbonyl (C=O) groups excluding carboxylic acids is 2. The van der Waals surface area contributed by atoms with Crippen LogP contribution in [-0.4, -0.2) is 36.3 Å². The first-order chi connectivity index (χ1) is 9.80. The van der Waals surface area contributed by atoms with Gasteiger partial charge in [-0.05, 0) is 54.0 Å². The summed E-state index contributed by atoms with van der Waals surface area (Å²) in [5.41, 5.74) is 11.8. The molecule has 21 heavy (non-hydrogen) atoms. The third-order valence-corrected chi connectivity index (χ3v) is 4.44. The summed E-state index contributed by atoms with van der Waals surface area (Å²) in [5, 5.41) is 2.82. The number of likely N-dealkylation sites (tertiary alicyclic amines) is 1. The fourth-order valence-electron chi connectivity index (χ4n) is 2.42. The number of nitrogen functional groups attached to an aromatic ring is 1. The normalized spacial score (nSPS) is 22.2. The number of nitrogens with two attached hydrogens (primary N) is 2. The van der Waals surface area contributed by atoms with Crippen LogP contribution in [0.1, 0.15) is 13.3 Å². The van der Waals surface area contributed by atoms with Gasteiger partial charge in [-0.2, -0.15) is 0 Å². The van der Waals surface area contributed by atoms with Crippen molar-refractivity contribution in [3.63, 3.8) is 0 Å². The second-order valence-corrected chi connectivity index (χ2v) is 6.53. The molecule has 1 saturated heterocycles. The van der Waals surface area contributed by atoms with Gasteiger partial charge in [0.1, 0.15) is 0 Å². The molecule has 1 unspecified atom stereocenters. The monoisotopic (exact) mass is 354 g/mol. The zero-order valence-electron chi connectivity index (χ0n) is 11.9. The van der Waals surface area contributed by atoms with Gasteiger partial charge >= 0.3 is 0 Å². The summed E-state index contributed by atoms with van der Waals surface area (Å²) >= 11 is 3.36. The van der Waals surface area contributed by atoms with Gasteiger partial charge in [0.05, 0.1) is 17.6 Å². The van der Waals surface area contributed by atoms with Crippen molar-refractivity contribution in [2.45, 2.75) is 13.3 Å². The number of hydrogen-bond acceptors (Lipinski definition) is 4. The molecule has 1 aromatic carbocycles. The van der Waals surface area contributed by atoms with E-state index in [4.69, 9.17) is 11.5 Å². The molecular weight excluding hydrogens is 336 g/mol. The van der Waals surface area contributed by atoms with Crippen molar-refractivity contribution >= 4 is 39.1 Å². The molecule has 6 nitrogen and oxygen atoms in total. The van der Waals surface area contributed by atoms with Crippen LogP contribution >= 0.6 is 15.9 Å². The summed E-state index contributed by atoms with van der Waals surface area (Å²) in [6.07, 6.45) is 0.682. The van der Waals surface area contributed by atoms with Crippen LogP contribution in [-0.2, 0) is 9.59 Å². The van der Waals surface area contributed by atoms with Crippen molar-refractivity contribution in [3.8, 4) is 0 Å². The molecule has 1 heterocycles. The maximum Gasteiger partial charge on any atom is 0.238 e. The molecule has 7 heteroatoms. The molecule has 2 rings (SSSR count). The van der Waals surface area contributed by atoms with Crippen LogP contribution in [0.15, 0.2) is 22.7 Å². The lowest BCUT2D eigenvalue weighted by Crippen LogP contribution is -2.39. The van der Waals surface area contributed by atoms with Gasteiger partial charge in [-0.1, -0.05) is 0 Å². The first-order valence-electron chi connectivity index (χ1n) is 6.67. The second-order valence-electron chi connectivity index (χ2n) is 5.67. The Labute approximate surface area is 132 Å². The number of hydrogen-bond donors (Lipinski definition) is 3. The molecule has 114 valence electrons. The van der Waals surface area contributed by atoms with Crippen molar-refractivity contribution in [1.29, 1.82) is 0 Å². The molecule has 1 fully saturated rings. The largest absolute Gasteiger partial charge is 0.399 e. The lowest BCUT2D eigenvalue weighted by Gasteiger charge is -2.20. The molecule has 0 aliphatic carbocycles. The van der Waals surface area contributed by atoms with E-state index < -0.39 is 5.41 Å². The molecule has 0 bridgehead atoms. The average Bonchev–Trinajstić information content (AvgIpc) is 2.76. The van der Waals surface area contributed by atoms with Gasteiger partial charge in [0, 0.05) is 16.7 Å². The fraction of sp³-hybridized carbons (Fsp3) is 0.429. The number of halogens is 1. The van der Waals surface area contributed by atoms with Gasteiger partial charge in [0.15, 0.2) is 0 Å². The quantitative estimate of drug-likeness (QED) is 0.706. The van der Waals surface area contributed by atoms with Gasteiger partial charge < -0.3 is 16.8 Å². The summed E-state index contributed by atoms with van der Waals surface area (Å²) in [7, 11) is 0. The van der Waals surface area contributed by atoms with Gasteiger partial charge in [0.2, 0.25) is 11.8 Å². The summed E-state index contributed by atoms with van der Waals surface area (Å²) in [6, 6.07) is 5.20. The number of anilines is 2. The minimum atomic E-state index is -0.540. The second kappa shape index (κ2) is 6.03. The van der Waals surface area contributed by atoms with E-state index in [1.54, 1.807) is 18.2 Å². The van der Waals surface area contributed by atoms with Gasteiger partial charge in [-0.15, -0.1) is 0 Å². The number of amides is 2. The number of nitrogens with zero attached hydrogens (tertiary/aromatic N) is 1. The maximum atomic E-state index is 12.1. The zero-order valence-corrected chi connectivity index (χ0v) is 13.4. The Balaban J connectivity index is 1.93. The fourth-order valence-corrected chi connectivity index (χ4v) is 2.91. The van der Waals surface area contributed by atoms with E-state index in [-0.39, 0.29) is 18.4 Å². The Morgan fingerprint density at radius 1 is 1.48 bits per heavy atom. The van der Waals surface area contributed by atoms with Crippen LogP contribution in [0.5, 0.6) is 0 Å². The topological polar surface area (TPSA) is 101 Å². The minimum Gasteiger partial charge on any atom is -0.399 e. The molecule has 0 spiro atoms. The van der Waals surface area contributed by atoms with Gasteiger partial charge in [-0.25, -0.2) is 0 Å². The van der Waals surface area contributed by atoms with Crippen molar-refractivity contribution < 1.29 is 9.59 Å². The molecule has 1 aliphatic rings. The third-order valence-electron chi connectivity index (χ3n) is 3.78. The first-order valence-corrected chi connectivity index (χ1v) is 7.46. The number of benzene rings is 1. The first kappa shape index (κ1) is 15.8. The molecule has 0 radical (unpaired) electrons. The van der Waals surface area contributed by atoms with Crippen molar-refractivity contribution in [2.75, 3.05) is 30.7 Å². The van der Waals surface area contributed by atoms with E-state index in [0.29, 0.717) is 30.9 Å². The summed E-state index contributed by atoms with van der Waals surface area (Å²) < 4.78 is 0.735. The van der Waals surface area contributed by atoms with E-state index in [1.165, 1.54) is 0 Å². The number of carbonyl (C=O) groups is 2. The summed E-state index contributed by atoms with van der Waals surface area (Å²) in [5.74, 6) is -0.444. The minimum absolute atomic E-state index is 0.130. The maximum absolute atomic E-state index is 12.1. The highest BCUT2D eigenvalue weighted by atomic mass is 79.9. The number of rotatable bonds is 4. The Morgan fingerprint density at radius 2 is 2.19 bits per heavy atom. The summed E-state index contributed by atoms with van der Waals surface area (Å²) in [4.78, 5) is 25.4.